The second kappa shape index (κ2) is 23.5. The van der Waals surface area contributed by atoms with Crippen LogP contribution in [-0.2, 0) is 0 Å². The molecule has 0 spiro atoms. The van der Waals surface area contributed by atoms with E-state index in [-0.39, 0.29) is 23.1 Å². The summed E-state index contributed by atoms with van der Waals surface area (Å²) >= 11 is 25.2. The predicted octanol–water partition coefficient (Wildman–Crippen LogP) is 0.210. The van der Waals surface area contributed by atoms with E-state index in [9.17, 15) is 0 Å². The van der Waals surface area contributed by atoms with Crippen molar-refractivity contribution in [3.63, 3.8) is 0 Å². The third-order valence-corrected chi connectivity index (χ3v) is 1.92. The standard InChI is InChI=1S/C4H8N2S4.C2H5NS2.CH5N.Mg/c7-3(8)5-1-2-6-4(9)10;1-3-2(4)5;1-2;/h1-2H2,(H2,5,7,8)(H2,6,9,10);1H3,(H2,3,4,5);2H2,1H3;/q;;;+2. The van der Waals surface area contributed by atoms with Gasteiger partial charge in [-0.3, -0.25) is 0 Å². The molecular weight excluding hydrogens is 357 g/mol. The van der Waals surface area contributed by atoms with E-state index < -0.39 is 0 Å². The Hall–Kier alpha value is 1.45. The minimum absolute atomic E-state index is 0. The van der Waals surface area contributed by atoms with Gasteiger partial charge in [-0.2, -0.15) is 0 Å². The predicted molar refractivity (Wildman–Crippen MR) is 106 cm³/mol. The van der Waals surface area contributed by atoms with Crippen molar-refractivity contribution in [2.75, 3.05) is 27.2 Å². The maximum absolute atomic E-state index is 4.65. The summed E-state index contributed by atoms with van der Waals surface area (Å²) in [6.07, 6.45) is 0. The van der Waals surface area contributed by atoms with E-state index in [1.54, 1.807) is 7.05 Å². The van der Waals surface area contributed by atoms with Crippen LogP contribution in [0.25, 0.3) is 0 Å². The van der Waals surface area contributed by atoms with Gasteiger partial charge in [-0.25, -0.2) is 0 Å². The van der Waals surface area contributed by atoms with Crippen LogP contribution in [0.4, 0.5) is 0 Å². The molecule has 0 radical (unpaired) electrons. The SMILES string of the molecule is CN.CNC(=S)S.S=C(S)NCCNC(=S)S.[Mg+2]. The van der Waals surface area contributed by atoms with E-state index in [0.29, 0.717) is 26.1 Å². The quantitative estimate of drug-likeness (QED) is 0.165. The van der Waals surface area contributed by atoms with Gasteiger partial charge < -0.3 is 21.7 Å². The number of hydrogen-bond acceptors (Lipinski definition) is 4. The number of rotatable bonds is 3. The summed E-state index contributed by atoms with van der Waals surface area (Å²) in [5.41, 5.74) is 4.50. The molecule has 0 aromatic carbocycles. The average molecular weight is 375 g/mol. The van der Waals surface area contributed by atoms with Crippen LogP contribution >= 0.6 is 74.5 Å². The van der Waals surface area contributed by atoms with Crippen LogP contribution in [0.5, 0.6) is 0 Å². The van der Waals surface area contributed by atoms with Crippen LogP contribution in [0.1, 0.15) is 0 Å². The van der Waals surface area contributed by atoms with Gasteiger partial charge in [-0.1, -0.05) is 36.7 Å². The molecule has 0 aliphatic carbocycles. The van der Waals surface area contributed by atoms with Gasteiger partial charge in [0.15, 0.2) is 0 Å². The van der Waals surface area contributed by atoms with Crippen molar-refractivity contribution in [1.29, 1.82) is 0 Å². The Labute approximate surface area is 158 Å². The van der Waals surface area contributed by atoms with Gasteiger partial charge >= 0.3 is 23.1 Å². The first-order valence-corrected chi connectivity index (χ1v) is 6.88. The van der Waals surface area contributed by atoms with E-state index in [4.69, 9.17) is 0 Å². The fourth-order valence-corrected chi connectivity index (χ4v) is 0.767. The van der Waals surface area contributed by atoms with Gasteiger partial charge in [0, 0.05) is 20.1 Å². The summed E-state index contributed by atoms with van der Waals surface area (Å²) in [5, 5.41) is 8.30. The second-order valence-corrected chi connectivity index (χ2v) is 5.49. The summed E-state index contributed by atoms with van der Waals surface area (Å²) in [4.78, 5) is 0. The van der Waals surface area contributed by atoms with Gasteiger partial charge in [0.05, 0.1) is 0 Å². The molecule has 11 heteroatoms. The zero-order valence-corrected chi connectivity index (χ0v) is 16.8. The minimum Gasteiger partial charge on any atom is -0.374 e. The Kier molecular flexibility index (Phi) is 36.3. The summed E-state index contributed by atoms with van der Waals surface area (Å²) in [5.74, 6) is 0. The number of thiocarbonyl (C=S) groups is 3. The molecule has 0 aromatic heterocycles. The molecule has 0 aliphatic rings. The number of hydrogen-bond donors (Lipinski definition) is 7. The topological polar surface area (TPSA) is 62.1 Å². The molecule has 0 fully saturated rings. The zero-order valence-electron chi connectivity index (χ0n) is 10.3. The Balaban J connectivity index is -0.000000105. The Morgan fingerprint density at radius 2 is 1.11 bits per heavy atom. The third-order valence-electron chi connectivity index (χ3n) is 0.891. The fourth-order valence-electron chi connectivity index (χ4n) is 0.339. The molecule has 0 atom stereocenters. The van der Waals surface area contributed by atoms with Gasteiger partial charge in [-0.05, 0) is 7.05 Å². The smallest absolute Gasteiger partial charge is 0.374 e. The molecule has 0 bridgehead atoms. The third kappa shape index (κ3) is 43.2. The first-order valence-electron chi connectivity index (χ1n) is 4.32. The number of thiol groups is 3. The minimum atomic E-state index is 0. The largest absolute Gasteiger partial charge is 2.00 e. The van der Waals surface area contributed by atoms with Gasteiger partial charge in [0.2, 0.25) is 0 Å². The summed E-state index contributed by atoms with van der Waals surface area (Å²) in [6, 6.07) is 0. The van der Waals surface area contributed by atoms with Crippen LogP contribution in [0, 0.1) is 0 Å². The normalized spacial score (nSPS) is 7.00. The van der Waals surface area contributed by atoms with Crippen LogP contribution in [0.15, 0.2) is 0 Å². The molecule has 0 heterocycles. The summed E-state index contributed by atoms with van der Waals surface area (Å²) < 4.78 is 1.52. The van der Waals surface area contributed by atoms with E-state index >= 15 is 0 Å². The monoisotopic (exact) mass is 374 g/mol. The Morgan fingerprint density at radius 3 is 1.22 bits per heavy atom. The maximum Gasteiger partial charge on any atom is 2.00 e. The van der Waals surface area contributed by atoms with Crippen LogP contribution in [-0.4, -0.2) is 63.2 Å². The molecule has 5 N–H and O–H groups in total. The van der Waals surface area contributed by atoms with Crippen molar-refractivity contribution in [3.05, 3.63) is 0 Å². The zero-order chi connectivity index (χ0) is 14.3. The van der Waals surface area contributed by atoms with E-state index in [2.05, 4.69) is 96.2 Å². The van der Waals surface area contributed by atoms with Crippen molar-refractivity contribution in [3.8, 4) is 0 Å². The van der Waals surface area contributed by atoms with Crippen molar-refractivity contribution in [2.45, 2.75) is 0 Å². The summed E-state index contributed by atoms with van der Waals surface area (Å²) in [6.45, 7) is 1.42. The molecule has 0 saturated carbocycles. The molecule has 18 heavy (non-hydrogen) atoms. The van der Waals surface area contributed by atoms with Crippen LogP contribution in [0.3, 0.4) is 0 Å². The Bertz CT molecular complexity index is 212. The molecule has 0 rings (SSSR count). The number of nitrogens with one attached hydrogen (secondary N) is 3. The molecule has 0 aliphatic heterocycles. The van der Waals surface area contributed by atoms with Gasteiger partial charge in [-0.15, -0.1) is 37.9 Å². The molecular formula is C7H18MgN4S6+2. The summed E-state index contributed by atoms with van der Waals surface area (Å²) in [7, 11) is 3.23. The number of nitrogens with two attached hydrogens (primary N) is 1. The molecule has 102 valence electrons. The van der Waals surface area contributed by atoms with Crippen molar-refractivity contribution in [2.24, 2.45) is 5.73 Å². The van der Waals surface area contributed by atoms with Crippen molar-refractivity contribution < 1.29 is 0 Å². The van der Waals surface area contributed by atoms with Crippen LogP contribution < -0.4 is 21.7 Å². The van der Waals surface area contributed by atoms with Crippen molar-refractivity contribution >= 4 is 111 Å². The van der Waals surface area contributed by atoms with Gasteiger partial charge in [0.25, 0.3) is 0 Å². The van der Waals surface area contributed by atoms with E-state index in [1.807, 2.05) is 0 Å². The molecule has 0 amide bonds. The molecule has 4 nitrogen and oxygen atoms in total. The van der Waals surface area contributed by atoms with Crippen LogP contribution in [0.2, 0.25) is 0 Å². The maximum atomic E-state index is 4.65. The first kappa shape index (κ1) is 27.7. The second-order valence-electron chi connectivity index (χ2n) is 2.02. The molecule has 0 saturated heterocycles. The first-order chi connectivity index (χ1) is 7.90. The van der Waals surface area contributed by atoms with Crippen molar-refractivity contribution in [1.82, 2.24) is 16.0 Å². The average Bonchev–Trinajstić information content (AvgIpc) is 2.27. The fraction of sp³-hybridized carbons (Fsp3) is 0.571. The van der Waals surface area contributed by atoms with Gasteiger partial charge in [0.1, 0.15) is 13.0 Å². The van der Waals surface area contributed by atoms with E-state index in [0.717, 1.165) is 0 Å². The Morgan fingerprint density at radius 1 is 0.889 bits per heavy atom. The molecule has 0 unspecified atom stereocenters. The van der Waals surface area contributed by atoms with E-state index in [1.165, 1.54) is 7.05 Å². The molecule has 0 aromatic rings.